The number of carbonyl (C=O) groups excluding carboxylic acids is 2. The van der Waals surface area contributed by atoms with Crippen molar-refractivity contribution in [1.82, 2.24) is 10.6 Å². The summed E-state index contributed by atoms with van der Waals surface area (Å²) in [6, 6.07) is 16.2. The third-order valence-electron chi connectivity index (χ3n) is 7.27. The van der Waals surface area contributed by atoms with E-state index < -0.39 is 12.1 Å². The summed E-state index contributed by atoms with van der Waals surface area (Å²) >= 11 is 0. The van der Waals surface area contributed by atoms with Gasteiger partial charge in [0.05, 0.1) is 5.92 Å². The molecule has 7 nitrogen and oxygen atoms in total. The van der Waals surface area contributed by atoms with Crippen LogP contribution < -0.4 is 10.6 Å². The molecular formula is C28H34N2O5. The maximum atomic E-state index is 12.6. The first-order valence-electron chi connectivity index (χ1n) is 12.6. The zero-order valence-corrected chi connectivity index (χ0v) is 20.2. The van der Waals surface area contributed by atoms with Crippen LogP contribution in [-0.2, 0) is 14.3 Å². The third kappa shape index (κ3) is 6.02. The maximum absolute atomic E-state index is 12.6. The summed E-state index contributed by atoms with van der Waals surface area (Å²) in [4.78, 5) is 36.2. The van der Waals surface area contributed by atoms with Crippen LogP contribution >= 0.6 is 0 Å². The first-order valence-corrected chi connectivity index (χ1v) is 12.6. The molecule has 2 aliphatic carbocycles. The van der Waals surface area contributed by atoms with Crippen molar-refractivity contribution in [2.24, 2.45) is 5.92 Å². The third-order valence-corrected chi connectivity index (χ3v) is 7.27. The molecule has 2 amide bonds. The van der Waals surface area contributed by atoms with Crippen molar-refractivity contribution in [3.63, 3.8) is 0 Å². The van der Waals surface area contributed by atoms with Crippen LogP contribution in [0.2, 0.25) is 0 Å². The first kappa shape index (κ1) is 24.8. The number of fused-ring (bicyclic) bond motifs is 3. The number of aliphatic carboxylic acids is 1. The number of benzene rings is 2. The number of carboxylic acids is 1. The van der Waals surface area contributed by atoms with E-state index >= 15 is 0 Å². The number of nitrogens with one attached hydrogen (secondary N) is 2. The number of hydrogen-bond donors (Lipinski definition) is 3. The average Bonchev–Trinajstić information content (AvgIpc) is 3.19. The Kier molecular flexibility index (Phi) is 8.06. The smallest absolute Gasteiger partial charge is 0.407 e. The van der Waals surface area contributed by atoms with E-state index in [0.717, 1.165) is 24.0 Å². The molecule has 0 bridgehead atoms. The Morgan fingerprint density at radius 3 is 2.31 bits per heavy atom. The minimum atomic E-state index is -0.790. The molecule has 35 heavy (non-hydrogen) atoms. The second kappa shape index (κ2) is 11.4. The zero-order chi connectivity index (χ0) is 24.8. The van der Waals surface area contributed by atoms with Gasteiger partial charge < -0.3 is 20.5 Å². The molecule has 0 saturated heterocycles. The second-order valence-corrected chi connectivity index (χ2v) is 9.58. The minimum absolute atomic E-state index is 0.00382. The minimum Gasteiger partial charge on any atom is -0.481 e. The molecule has 0 aliphatic heterocycles. The molecule has 7 heteroatoms. The van der Waals surface area contributed by atoms with Crippen LogP contribution in [0.15, 0.2) is 48.5 Å². The summed E-state index contributed by atoms with van der Waals surface area (Å²) in [7, 11) is 0. The highest BCUT2D eigenvalue weighted by atomic mass is 16.5. The predicted molar refractivity (Wildman–Crippen MR) is 133 cm³/mol. The Morgan fingerprint density at radius 1 is 1.03 bits per heavy atom. The number of ether oxygens (including phenoxy) is 1. The van der Waals surface area contributed by atoms with Crippen molar-refractivity contribution in [2.45, 2.75) is 69.9 Å². The predicted octanol–water partition coefficient (Wildman–Crippen LogP) is 4.84. The van der Waals surface area contributed by atoms with Gasteiger partial charge in [-0.2, -0.15) is 0 Å². The zero-order valence-electron chi connectivity index (χ0n) is 20.2. The van der Waals surface area contributed by atoms with Crippen molar-refractivity contribution >= 4 is 18.0 Å². The molecule has 3 N–H and O–H groups in total. The fourth-order valence-electron chi connectivity index (χ4n) is 5.34. The molecule has 1 saturated carbocycles. The van der Waals surface area contributed by atoms with Crippen LogP contribution in [0, 0.1) is 5.92 Å². The fraction of sp³-hybridized carbons (Fsp3) is 0.464. The number of rotatable bonds is 9. The Labute approximate surface area is 206 Å². The Hall–Kier alpha value is -3.35. The number of carbonyl (C=O) groups is 3. The lowest BCUT2D eigenvalue weighted by atomic mass is 9.85. The van der Waals surface area contributed by atoms with Crippen LogP contribution in [0.4, 0.5) is 4.79 Å². The standard InChI is InChI=1S/C28H34N2O5/c1-2-19(14-15-26(31)29-20-9-7-8-18(16-20)27(32)33)30-28(34)35-17-25-23-12-5-3-10-21(23)22-11-4-6-13-24(22)25/h3-6,10-13,18-20,25H,2,7-9,14-17H2,1H3,(H,29,31)(H,30,34)(H,32,33)/t18-,19?,20-/m1/s1. The summed E-state index contributed by atoms with van der Waals surface area (Å²) in [6.45, 7) is 2.22. The molecule has 1 fully saturated rings. The van der Waals surface area contributed by atoms with Gasteiger partial charge in [0, 0.05) is 24.4 Å². The van der Waals surface area contributed by atoms with Crippen LogP contribution in [0.3, 0.4) is 0 Å². The molecule has 186 valence electrons. The molecule has 4 rings (SSSR count). The van der Waals surface area contributed by atoms with Crippen molar-refractivity contribution in [2.75, 3.05) is 6.61 Å². The summed E-state index contributed by atoms with van der Waals surface area (Å²) in [5.41, 5.74) is 4.69. The van der Waals surface area contributed by atoms with Crippen molar-refractivity contribution in [3.05, 3.63) is 59.7 Å². The normalized spacial score (nSPS) is 19.8. The van der Waals surface area contributed by atoms with Gasteiger partial charge in [-0.05, 0) is 54.4 Å². The Balaban J connectivity index is 1.24. The molecule has 0 spiro atoms. The number of alkyl carbamates (subject to hydrolysis) is 1. The van der Waals surface area contributed by atoms with E-state index in [-0.39, 0.29) is 42.9 Å². The van der Waals surface area contributed by atoms with E-state index in [1.807, 2.05) is 31.2 Å². The molecule has 2 aliphatic rings. The van der Waals surface area contributed by atoms with Crippen LogP contribution in [-0.4, -0.2) is 41.8 Å². The molecule has 0 radical (unpaired) electrons. The van der Waals surface area contributed by atoms with Gasteiger partial charge >= 0.3 is 12.1 Å². The SMILES string of the molecule is CCC(CCC(=O)N[C@@H]1CCC[C@@H](C(=O)O)C1)NC(=O)OCC1c2ccccc2-c2ccccc21. The maximum Gasteiger partial charge on any atom is 0.407 e. The second-order valence-electron chi connectivity index (χ2n) is 9.58. The topological polar surface area (TPSA) is 105 Å². The van der Waals surface area contributed by atoms with Crippen LogP contribution in [0.5, 0.6) is 0 Å². The van der Waals surface area contributed by atoms with Gasteiger partial charge in [-0.25, -0.2) is 4.79 Å². The fourth-order valence-corrected chi connectivity index (χ4v) is 5.34. The number of amides is 2. The van der Waals surface area contributed by atoms with Crippen molar-refractivity contribution in [3.8, 4) is 11.1 Å². The quantitative estimate of drug-likeness (QED) is 0.478. The van der Waals surface area contributed by atoms with Gasteiger partial charge in [0.1, 0.15) is 6.61 Å². The highest BCUT2D eigenvalue weighted by Gasteiger charge is 2.30. The van der Waals surface area contributed by atoms with Gasteiger partial charge in [-0.1, -0.05) is 61.9 Å². The van der Waals surface area contributed by atoms with E-state index in [0.29, 0.717) is 25.7 Å². The van der Waals surface area contributed by atoms with Gasteiger partial charge in [0.2, 0.25) is 5.91 Å². The van der Waals surface area contributed by atoms with Crippen LogP contribution in [0.1, 0.15) is 68.9 Å². The molecule has 2 aromatic carbocycles. The van der Waals surface area contributed by atoms with E-state index in [2.05, 4.69) is 34.9 Å². The van der Waals surface area contributed by atoms with Gasteiger partial charge in [-0.3, -0.25) is 9.59 Å². The molecule has 0 heterocycles. The molecule has 1 unspecified atom stereocenters. The first-order chi connectivity index (χ1) is 17.0. The molecular weight excluding hydrogens is 444 g/mol. The average molecular weight is 479 g/mol. The lowest BCUT2D eigenvalue weighted by Gasteiger charge is -2.27. The highest BCUT2D eigenvalue weighted by Crippen LogP contribution is 2.44. The largest absolute Gasteiger partial charge is 0.481 e. The monoisotopic (exact) mass is 478 g/mol. The lowest BCUT2D eigenvalue weighted by molar-refractivity contribution is -0.143. The lowest BCUT2D eigenvalue weighted by Crippen LogP contribution is -2.41. The summed E-state index contributed by atoms with van der Waals surface area (Å²) in [5, 5.41) is 15.1. The summed E-state index contributed by atoms with van der Waals surface area (Å²) < 4.78 is 5.63. The summed E-state index contributed by atoms with van der Waals surface area (Å²) in [5.74, 6) is -1.27. The van der Waals surface area contributed by atoms with Gasteiger partial charge in [-0.15, -0.1) is 0 Å². The number of carboxylic acid groups (broad SMARTS) is 1. The van der Waals surface area contributed by atoms with Crippen LogP contribution in [0.25, 0.3) is 11.1 Å². The Bertz CT molecular complexity index is 1020. The van der Waals surface area contributed by atoms with Crippen molar-refractivity contribution in [1.29, 1.82) is 0 Å². The highest BCUT2D eigenvalue weighted by molar-refractivity contribution is 5.79. The van der Waals surface area contributed by atoms with E-state index in [4.69, 9.17) is 4.74 Å². The van der Waals surface area contributed by atoms with E-state index in [1.54, 1.807) is 0 Å². The summed E-state index contributed by atoms with van der Waals surface area (Å²) in [6.07, 6.45) is 3.75. The van der Waals surface area contributed by atoms with Gasteiger partial charge in [0.25, 0.3) is 0 Å². The molecule has 0 aromatic heterocycles. The van der Waals surface area contributed by atoms with Crippen molar-refractivity contribution < 1.29 is 24.2 Å². The van der Waals surface area contributed by atoms with E-state index in [9.17, 15) is 19.5 Å². The number of hydrogen-bond acceptors (Lipinski definition) is 4. The van der Waals surface area contributed by atoms with Gasteiger partial charge in [0.15, 0.2) is 0 Å². The molecule has 3 atom stereocenters. The molecule has 2 aromatic rings. The Morgan fingerprint density at radius 2 is 1.69 bits per heavy atom. The van der Waals surface area contributed by atoms with E-state index in [1.165, 1.54) is 11.1 Å².